The first-order chi connectivity index (χ1) is 14.4. The summed E-state index contributed by atoms with van der Waals surface area (Å²) in [6.45, 7) is 3.63. The van der Waals surface area contributed by atoms with Crippen molar-refractivity contribution in [3.8, 4) is 0 Å². The Labute approximate surface area is 186 Å². The highest BCUT2D eigenvalue weighted by atomic mass is 32.1. The highest BCUT2D eigenvalue weighted by molar-refractivity contribution is 7.80. The number of carboxylic acid groups (broad SMARTS) is 1. The highest BCUT2D eigenvalue weighted by Crippen LogP contribution is 2.07. The fraction of sp³-hybridized carbons (Fsp3) is 0.722. The summed E-state index contributed by atoms with van der Waals surface area (Å²) in [4.78, 5) is 60.2. The predicted molar refractivity (Wildman–Crippen MR) is 117 cm³/mol. The van der Waals surface area contributed by atoms with Crippen molar-refractivity contribution in [2.75, 3.05) is 12.3 Å². The van der Waals surface area contributed by atoms with Gasteiger partial charge < -0.3 is 38.3 Å². The van der Waals surface area contributed by atoms with Crippen molar-refractivity contribution < 1.29 is 29.1 Å². The number of hydrogen-bond donors (Lipinski definition) is 8. The fourth-order valence-corrected chi connectivity index (χ4v) is 2.74. The third kappa shape index (κ3) is 11.0. The van der Waals surface area contributed by atoms with Crippen LogP contribution in [-0.4, -0.2) is 71.2 Å². The topological polar surface area (TPSA) is 220 Å². The lowest BCUT2D eigenvalue weighted by Gasteiger charge is -2.25. The van der Waals surface area contributed by atoms with Gasteiger partial charge in [0.05, 0.1) is 12.5 Å². The monoisotopic (exact) mass is 462 g/mol. The lowest BCUT2D eigenvalue weighted by molar-refractivity contribution is -0.143. The summed E-state index contributed by atoms with van der Waals surface area (Å²) < 4.78 is 0. The number of primary amides is 1. The van der Waals surface area contributed by atoms with Crippen LogP contribution in [0.5, 0.6) is 0 Å². The van der Waals surface area contributed by atoms with Crippen LogP contribution in [0.25, 0.3) is 0 Å². The molecular formula is C18H34N6O6S. The molecule has 0 saturated heterocycles. The Bertz CT molecular complexity index is 647. The van der Waals surface area contributed by atoms with Gasteiger partial charge in [-0.25, -0.2) is 4.79 Å². The van der Waals surface area contributed by atoms with Gasteiger partial charge in [-0.05, 0) is 31.7 Å². The summed E-state index contributed by atoms with van der Waals surface area (Å²) in [5.41, 5.74) is 16.2. The van der Waals surface area contributed by atoms with Gasteiger partial charge in [-0.3, -0.25) is 19.2 Å². The third-order valence-electron chi connectivity index (χ3n) is 4.38. The standard InChI is InChI=1S/C18H34N6O6S/c1-9(2)14(18(29)30)24-16(27)11(5-3-4-6-19)22-17(28)12(7-13(21)25)23-15(26)10(20)8-31/h9-12,14,31H,3-8,19-20H2,1-2H3,(H2,21,25)(H,22,28)(H,23,26)(H,24,27)(H,29,30). The van der Waals surface area contributed by atoms with E-state index >= 15 is 0 Å². The Morgan fingerprint density at radius 1 is 0.935 bits per heavy atom. The number of carbonyl (C=O) groups excluding carboxylic acids is 4. The molecule has 0 radical (unpaired) electrons. The highest BCUT2D eigenvalue weighted by Gasteiger charge is 2.31. The van der Waals surface area contributed by atoms with Gasteiger partial charge in [0.25, 0.3) is 0 Å². The number of nitrogens with two attached hydrogens (primary N) is 3. The average molecular weight is 463 g/mol. The van der Waals surface area contributed by atoms with E-state index in [9.17, 15) is 29.1 Å². The summed E-state index contributed by atoms with van der Waals surface area (Å²) in [6, 6.07) is -4.64. The molecule has 10 N–H and O–H groups in total. The molecule has 4 amide bonds. The van der Waals surface area contributed by atoms with Gasteiger partial charge in [0.15, 0.2) is 0 Å². The summed E-state index contributed by atoms with van der Waals surface area (Å²) >= 11 is 3.90. The molecule has 0 aromatic heterocycles. The van der Waals surface area contributed by atoms with Crippen molar-refractivity contribution in [1.82, 2.24) is 16.0 Å². The van der Waals surface area contributed by atoms with E-state index in [4.69, 9.17) is 17.2 Å². The largest absolute Gasteiger partial charge is 0.480 e. The Morgan fingerprint density at radius 3 is 1.94 bits per heavy atom. The van der Waals surface area contributed by atoms with Gasteiger partial charge in [0.1, 0.15) is 18.1 Å². The SMILES string of the molecule is CC(C)C(NC(=O)C(CCCCN)NC(=O)C(CC(N)=O)NC(=O)C(N)CS)C(=O)O. The van der Waals surface area contributed by atoms with E-state index in [1.807, 2.05) is 0 Å². The molecule has 0 bridgehead atoms. The van der Waals surface area contributed by atoms with Crippen LogP contribution in [0.3, 0.4) is 0 Å². The maximum absolute atomic E-state index is 12.7. The molecule has 12 nitrogen and oxygen atoms in total. The zero-order valence-corrected chi connectivity index (χ0v) is 18.7. The first-order valence-corrected chi connectivity index (χ1v) is 10.6. The first kappa shape index (κ1) is 28.6. The molecule has 0 spiro atoms. The van der Waals surface area contributed by atoms with Crippen LogP contribution in [-0.2, 0) is 24.0 Å². The van der Waals surface area contributed by atoms with Crippen LogP contribution in [0.2, 0.25) is 0 Å². The second kappa shape index (κ2) is 14.6. The number of hydrogen-bond acceptors (Lipinski definition) is 8. The van der Waals surface area contributed by atoms with Crippen molar-refractivity contribution in [3.63, 3.8) is 0 Å². The fourth-order valence-electron chi connectivity index (χ4n) is 2.57. The zero-order chi connectivity index (χ0) is 24.1. The second-order valence-corrected chi connectivity index (χ2v) is 7.80. The van der Waals surface area contributed by atoms with Gasteiger partial charge in [0.2, 0.25) is 23.6 Å². The second-order valence-electron chi connectivity index (χ2n) is 7.43. The van der Waals surface area contributed by atoms with Crippen molar-refractivity contribution in [2.45, 2.75) is 63.7 Å². The van der Waals surface area contributed by atoms with Gasteiger partial charge in [-0.15, -0.1) is 0 Å². The molecule has 4 unspecified atom stereocenters. The minimum Gasteiger partial charge on any atom is -0.480 e. The number of unbranched alkanes of at least 4 members (excludes halogenated alkanes) is 1. The molecule has 31 heavy (non-hydrogen) atoms. The average Bonchev–Trinajstić information content (AvgIpc) is 2.68. The maximum atomic E-state index is 12.7. The molecular weight excluding hydrogens is 428 g/mol. The zero-order valence-electron chi connectivity index (χ0n) is 17.8. The molecule has 0 rings (SSSR count). The number of carboxylic acids is 1. The van der Waals surface area contributed by atoms with Gasteiger partial charge in [-0.1, -0.05) is 13.8 Å². The van der Waals surface area contributed by atoms with E-state index in [0.717, 1.165) is 0 Å². The molecule has 0 saturated carbocycles. The number of rotatable bonds is 15. The number of thiol groups is 1. The first-order valence-electron chi connectivity index (χ1n) is 9.93. The van der Waals surface area contributed by atoms with Crippen LogP contribution in [0, 0.1) is 5.92 Å². The smallest absolute Gasteiger partial charge is 0.326 e. The van der Waals surface area contributed by atoms with E-state index < -0.39 is 66.1 Å². The van der Waals surface area contributed by atoms with Crippen molar-refractivity contribution >= 4 is 42.2 Å². The maximum Gasteiger partial charge on any atom is 0.326 e. The van der Waals surface area contributed by atoms with E-state index in [1.165, 1.54) is 0 Å². The van der Waals surface area contributed by atoms with Crippen LogP contribution in [0.4, 0.5) is 0 Å². The molecule has 178 valence electrons. The van der Waals surface area contributed by atoms with E-state index in [1.54, 1.807) is 13.8 Å². The van der Waals surface area contributed by atoms with Crippen molar-refractivity contribution in [3.05, 3.63) is 0 Å². The summed E-state index contributed by atoms with van der Waals surface area (Å²) in [5, 5.41) is 16.5. The minimum absolute atomic E-state index is 0.00659. The van der Waals surface area contributed by atoms with Crippen LogP contribution >= 0.6 is 12.6 Å². The Hall–Kier alpha value is -2.38. The van der Waals surface area contributed by atoms with Gasteiger partial charge >= 0.3 is 5.97 Å². The molecule has 4 atom stereocenters. The van der Waals surface area contributed by atoms with Crippen LogP contribution in [0.15, 0.2) is 0 Å². The molecule has 0 aliphatic heterocycles. The van der Waals surface area contributed by atoms with E-state index in [2.05, 4.69) is 28.6 Å². The van der Waals surface area contributed by atoms with Crippen molar-refractivity contribution in [1.29, 1.82) is 0 Å². The van der Waals surface area contributed by atoms with Gasteiger partial charge in [-0.2, -0.15) is 12.6 Å². The van der Waals surface area contributed by atoms with E-state index in [-0.39, 0.29) is 12.2 Å². The molecule has 0 fully saturated rings. The number of carbonyl (C=O) groups is 5. The normalized spacial score (nSPS) is 14.8. The van der Waals surface area contributed by atoms with Crippen LogP contribution < -0.4 is 33.2 Å². The summed E-state index contributed by atoms with van der Waals surface area (Å²) in [5.74, 6) is -4.71. The lowest BCUT2D eigenvalue weighted by Crippen LogP contribution is -2.58. The quantitative estimate of drug-likeness (QED) is 0.0953. The Kier molecular flexibility index (Phi) is 13.5. The Balaban J connectivity index is 5.47. The summed E-state index contributed by atoms with van der Waals surface area (Å²) in [7, 11) is 0. The van der Waals surface area contributed by atoms with Gasteiger partial charge in [0, 0.05) is 5.75 Å². The molecule has 0 heterocycles. The molecule has 0 aliphatic rings. The van der Waals surface area contributed by atoms with Crippen LogP contribution in [0.1, 0.15) is 39.5 Å². The predicted octanol–water partition coefficient (Wildman–Crippen LogP) is -2.56. The molecule has 0 aliphatic carbocycles. The molecule has 13 heteroatoms. The number of aliphatic carboxylic acids is 1. The lowest BCUT2D eigenvalue weighted by atomic mass is 10.0. The summed E-state index contributed by atoms with van der Waals surface area (Å²) in [6.07, 6.45) is 0.709. The van der Waals surface area contributed by atoms with Crippen molar-refractivity contribution in [2.24, 2.45) is 23.1 Å². The molecule has 0 aromatic rings. The Morgan fingerprint density at radius 2 is 1.48 bits per heavy atom. The third-order valence-corrected chi connectivity index (χ3v) is 4.78. The van der Waals surface area contributed by atoms with E-state index in [0.29, 0.717) is 19.4 Å². The number of amides is 4. The molecule has 0 aromatic carbocycles. The number of nitrogens with one attached hydrogen (secondary N) is 3. The minimum atomic E-state index is -1.36.